The van der Waals surface area contributed by atoms with Gasteiger partial charge in [0.25, 0.3) is 0 Å². The van der Waals surface area contributed by atoms with Gasteiger partial charge in [-0.25, -0.2) is 4.79 Å². The lowest BCUT2D eigenvalue weighted by Crippen LogP contribution is -2.49. The molecular formula is C20H31N3O4. The van der Waals surface area contributed by atoms with E-state index in [1.807, 2.05) is 30.3 Å². The second kappa shape index (κ2) is 12.7. The topological polar surface area (TPSA) is 102 Å². The predicted molar refractivity (Wildman–Crippen MR) is 104 cm³/mol. The smallest absolute Gasteiger partial charge is 0.407 e. The van der Waals surface area contributed by atoms with E-state index in [0.29, 0.717) is 13.0 Å². The molecule has 3 amide bonds. The van der Waals surface area contributed by atoms with Gasteiger partial charge in [0.2, 0.25) is 11.8 Å². The minimum absolute atomic E-state index is 0.264. The fourth-order valence-electron chi connectivity index (χ4n) is 2.60. The van der Waals surface area contributed by atoms with Crippen LogP contribution in [0, 0.1) is 0 Å². The molecule has 0 saturated heterocycles. The van der Waals surface area contributed by atoms with Gasteiger partial charge in [0, 0.05) is 13.6 Å². The number of ether oxygens (including phenoxy) is 1. The highest BCUT2D eigenvalue weighted by Gasteiger charge is 2.26. The molecule has 27 heavy (non-hydrogen) atoms. The minimum Gasteiger partial charge on any atom is -0.450 e. The van der Waals surface area contributed by atoms with Crippen molar-refractivity contribution in [3.63, 3.8) is 0 Å². The van der Waals surface area contributed by atoms with Crippen molar-refractivity contribution in [1.82, 2.24) is 10.2 Å². The van der Waals surface area contributed by atoms with Gasteiger partial charge in [-0.2, -0.15) is 0 Å². The molecule has 1 rings (SSSR count). The Bertz CT molecular complexity index is 592. The van der Waals surface area contributed by atoms with E-state index in [4.69, 9.17) is 10.5 Å². The van der Waals surface area contributed by atoms with Crippen molar-refractivity contribution in [2.45, 2.75) is 51.5 Å². The Balaban J connectivity index is 2.51. The highest BCUT2D eigenvalue weighted by molar-refractivity contribution is 5.90. The fraction of sp³-hybridized carbons (Fsp3) is 0.550. The largest absolute Gasteiger partial charge is 0.450 e. The first kappa shape index (κ1) is 22.5. The second-order valence-electron chi connectivity index (χ2n) is 6.56. The molecule has 0 aromatic heterocycles. The number of hydrogen-bond acceptors (Lipinski definition) is 4. The molecule has 3 N–H and O–H groups in total. The van der Waals surface area contributed by atoms with Gasteiger partial charge in [-0.1, -0.05) is 56.5 Å². The number of hydrogen-bond donors (Lipinski definition) is 2. The number of nitrogens with zero attached hydrogens (tertiary/aromatic N) is 1. The molecule has 0 aliphatic heterocycles. The summed E-state index contributed by atoms with van der Waals surface area (Å²) in [7, 11) is 1.64. The van der Waals surface area contributed by atoms with Crippen molar-refractivity contribution in [3.8, 4) is 0 Å². The molecule has 0 radical (unpaired) electrons. The van der Waals surface area contributed by atoms with E-state index in [9.17, 15) is 14.4 Å². The number of benzene rings is 1. The Labute approximate surface area is 161 Å². The van der Waals surface area contributed by atoms with Gasteiger partial charge < -0.3 is 20.7 Å². The Morgan fingerprint density at radius 2 is 1.85 bits per heavy atom. The van der Waals surface area contributed by atoms with Crippen LogP contribution in [0.5, 0.6) is 0 Å². The lowest BCUT2D eigenvalue weighted by atomic mass is 10.1. The van der Waals surface area contributed by atoms with Crippen LogP contribution >= 0.6 is 0 Å². The summed E-state index contributed by atoms with van der Waals surface area (Å²) in [5, 5.41) is 2.46. The van der Waals surface area contributed by atoms with Crippen molar-refractivity contribution >= 4 is 17.9 Å². The van der Waals surface area contributed by atoms with E-state index >= 15 is 0 Å². The molecular weight excluding hydrogens is 346 g/mol. The van der Waals surface area contributed by atoms with Crippen molar-refractivity contribution in [2.75, 3.05) is 20.2 Å². The van der Waals surface area contributed by atoms with Crippen LogP contribution < -0.4 is 11.1 Å². The molecule has 1 aromatic rings. The lowest BCUT2D eigenvalue weighted by molar-refractivity contribution is -0.134. The lowest BCUT2D eigenvalue weighted by Gasteiger charge is -2.23. The zero-order valence-corrected chi connectivity index (χ0v) is 16.3. The summed E-state index contributed by atoms with van der Waals surface area (Å²) in [6, 6.07) is 8.74. The summed E-state index contributed by atoms with van der Waals surface area (Å²) < 4.78 is 5.09. The Kier molecular flexibility index (Phi) is 10.6. The number of nitrogens with one attached hydrogen (secondary N) is 1. The molecule has 0 aliphatic rings. The van der Waals surface area contributed by atoms with Gasteiger partial charge >= 0.3 is 6.09 Å². The summed E-state index contributed by atoms with van der Waals surface area (Å²) >= 11 is 0. The van der Waals surface area contributed by atoms with Crippen LogP contribution in [0.15, 0.2) is 30.3 Å². The van der Waals surface area contributed by atoms with Gasteiger partial charge in [-0.05, 0) is 18.4 Å². The molecule has 0 saturated carbocycles. The monoisotopic (exact) mass is 377 g/mol. The summed E-state index contributed by atoms with van der Waals surface area (Å²) in [4.78, 5) is 37.3. The first-order valence-corrected chi connectivity index (χ1v) is 9.44. The number of rotatable bonds is 12. The number of primary amides is 1. The second-order valence-corrected chi connectivity index (χ2v) is 6.56. The van der Waals surface area contributed by atoms with Gasteiger partial charge in [-0.15, -0.1) is 0 Å². The molecule has 0 bridgehead atoms. The molecule has 1 atom stereocenters. The average molecular weight is 377 g/mol. The average Bonchev–Trinajstić information content (AvgIpc) is 2.65. The van der Waals surface area contributed by atoms with E-state index in [-0.39, 0.29) is 18.9 Å². The zero-order valence-electron chi connectivity index (χ0n) is 16.3. The normalized spacial score (nSPS) is 11.5. The molecule has 1 aromatic carbocycles. The maximum atomic E-state index is 12.6. The van der Waals surface area contributed by atoms with Crippen LogP contribution in [0.1, 0.15) is 44.6 Å². The van der Waals surface area contributed by atoms with Crippen LogP contribution in [-0.4, -0.2) is 49.0 Å². The van der Waals surface area contributed by atoms with E-state index in [0.717, 1.165) is 31.2 Å². The third-order valence-electron chi connectivity index (χ3n) is 4.18. The number of likely N-dealkylation sites (N-methyl/N-ethyl adjacent to an activating group) is 1. The van der Waals surface area contributed by atoms with E-state index in [1.165, 1.54) is 4.90 Å². The first-order chi connectivity index (χ1) is 12.9. The third kappa shape index (κ3) is 9.63. The molecule has 0 spiro atoms. The van der Waals surface area contributed by atoms with Crippen LogP contribution in [0.25, 0.3) is 0 Å². The van der Waals surface area contributed by atoms with Crippen LogP contribution in [0.3, 0.4) is 0 Å². The maximum Gasteiger partial charge on any atom is 0.407 e. The molecule has 7 nitrogen and oxygen atoms in total. The molecule has 0 heterocycles. The van der Waals surface area contributed by atoms with Crippen LogP contribution in [0.4, 0.5) is 4.79 Å². The minimum atomic E-state index is -1.02. The Morgan fingerprint density at radius 1 is 1.15 bits per heavy atom. The highest BCUT2D eigenvalue weighted by atomic mass is 16.5. The zero-order chi connectivity index (χ0) is 20.1. The number of amides is 3. The molecule has 150 valence electrons. The van der Waals surface area contributed by atoms with Crippen molar-refractivity contribution in [3.05, 3.63) is 35.9 Å². The molecule has 0 aliphatic carbocycles. The van der Waals surface area contributed by atoms with Crippen LogP contribution in [-0.2, 0) is 20.7 Å². The SMILES string of the molecule is CCCCCCOC(=O)N[C@H](CC(N)=O)C(=O)N(C)CCc1ccccc1. The van der Waals surface area contributed by atoms with E-state index < -0.39 is 18.0 Å². The predicted octanol–water partition coefficient (Wildman–Crippen LogP) is 2.24. The number of alkyl carbamates (subject to hydrolysis) is 1. The summed E-state index contributed by atoms with van der Waals surface area (Å²) in [6.45, 7) is 2.85. The van der Waals surface area contributed by atoms with Gasteiger partial charge in [-0.3, -0.25) is 9.59 Å². The van der Waals surface area contributed by atoms with Crippen molar-refractivity contribution in [1.29, 1.82) is 0 Å². The molecule has 0 fully saturated rings. The molecule has 0 unspecified atom stereocenters. The number of nitrogens with two attached hydrogens (primary N) is 1. The van der Waals surface area contributed by atoms with Crippen LogP contribution in [0.2, 0.25) is 0 Å². The van der Waals surface area contributed by atoms with Gasteiger partial charge in [0.1, 0.15) is 6.04 Å². The number of carbonyl (C=O) groups excluding carboxylic acids is 3. The highest BCUT2D eigenvalue weighted by Crippen LogP contribution is 2.04. The van der Waals surface area contributed by atoms with Crippen molar-refractivity contribution in [2.24, 2.45) is 5.73 Å². The number of unbranched alkanes of at least 4 members (excludes halogenated alkanes) is 3. The first-order valence-electron chi connectivity index (χ1n) is 9.44. The Hall–Kier alpha value is -2.57. The van der Waals surface area contributed by atoms with E-state index in [1.54, 1.807) is 7.05 Å². The van der Waals surface area contributed by atoms with E-state index in [2.05, 4.69) is 12.2 Å². The maximum absolute atomic E-state index is 12.6. The van der Waals surface area contributed by atoms with Crippen molar-refractivity contribution < 1.29 is 19.1 Å². The van der Waals surface area contributed by atoms with Gasteiger partial charge in [0.05, 0.1) is 13.0 Å². The number of carbonyl (C=O) groups is 3. The molecule has 7 heteroatoms. The fourth-order valence-corrected chi connectivity index (χ4v) is 2.60. The Morgan fingerprint density at radius 3 is 2.48 bits per heavy atom. The third-order valence-corrected chi connectivity index (χ3v) is 4.18. The summed E-state index contributed by atoms with van der Waals surface area (Å²) in [6.07, 6.45) is 3.63. The van der Waals surface area contributed by atoms with Gasteiger partial charge in [0.15, 0.2) is 0 Å². The summed E-state index contributed by atoms with van der Waals surface area (Å²) in [5.74, 6) is -1.03. The standard InChI is InChI=1S/C20H31N3O4/c1-3-4-5-9-14-27-20(26)22-17(15-18(21)24)19(25)23(2)13-12-16-10-7-6-8-11-16/h6-8,10-11,17H,3-5,9,12-15H2,1-2H3,(H2,21,24)(H,22,26)/t17-/m1/s1. The summed E-state index contributed by atoms with van der Waals surface area (Å²) in [5.41, 5.74) is 6.33. The quantitative estimate of drug-likeness (QED) is 0.545.